The Kier molecular flexibility index (Phi) is 4.87. The van der Waals surface area contributed by atoms with Crippen LogP contribution in [0.4, 0.5) is 15.8 Å². The highest BCUT2D eigenvalue weighted by atomic mass is 79.9. The van der Waals surface area contributed by atoms with Crippen LogP contribution in [0.25, 0.3) is 22.2 Å². The first-order valence-electron chi connectivity index (χ1n) is 8.47. The minimum atomic E-state index is -0.368. The second-order valence-electron chi connectivity index (χ2n) is 6.09. The average molecular weight is 457 g/mol. The molecule has 0 atom stereocenters. The number of fused-ring (bicyclic) bond motifs is 1. The summed E-state index contributed by atoms with van der Waals surface area (Å²) in [5.74, 6) is 0.402. The van der Waals surface area contributed by atoms with E-state index in [1.165, 1.54) is 23.5 Å². The van der Waals surface area contributed by atoms with Crippen molar-refractivity contribution in [3.05, 3.63) is 57.0 Å². The predicted molar refractivity (Wildman–Crippen MR) is 111 cm³/mol. The fraction of sp³-hybridized carbons (Fsp3) is 0.150. The third-order valence-electron chi connectivity index (χ3n) is 4.49. The lowest BCUT2D eigenvalue weighted by atomic mass is 10.1. The van der Waals surface area contributed by atoms with Crippen LogP contribution in [0.2, 0.25) is 0 Å². The first-order valence-corrected chi connectivity index (χ1v) is 10.1. The summed E-state index contributed by atoms with van der Waals surface area (Å²) in [6.07, 6.45) is 2.33. The van der Waals surface area contributed by atoms with Gasteiger partial charge in [0.05, 0.1) is 23.1 Å². The summed E-state index contributed by atoms with van der Waals surface area (Å²) >= 11 is 4.66. The molecular weight excluding hydrogens is 443 g/mol. The average Bonchev–Trinajstić information content (AvgIpc) is 3.31. The Morgan fingerprint density at radius 1 is 1.32 bits per heavy atom. The molecule has 4 aromatic rings. The van der Waals surface area contributed by atoms with E-state index in [4.69, 9.17) is 4.42 Å². The van der Waals surface area contributed by atoms with E-state index < -0.39 is 0 Å². The van der Waals surface area contributed by atoms with Crippen LogP contribution in [0.3, 0.4) is 0 Å². The number of furan rings is 1. The van der Waals surface area contributed by atoms with Crippen molar-refractivity contribution in [3.63, 3.8) is 0 Å². The molecular formula is C20H14BrFN4OS. The quantitative estimate of drug-likeness (QED) is 0.349. The zero-order valence-corrected chi connectivity index (χ0v) is 17.4. The SMILES string of the molecule is CCc1oc2cnc(Br)cc2c1N(C)c1cc(F)ccc1-c1ncsc1C#N. The van der Waals surface area contributed by atoms with E-state index in [-0.39, 0.29) is 5.82 Å². The number of aryl methyl sites for hydroxylation is 1. The molecule has 0 spiro atoms. The first kappa shape index (κ1) is 18.6. The molecule has 8 heteroatoms. The number of nitrogens with zero attached hydrogens (tertiary/aromatic N) is 4. The Labute approximate surface area is 173 Å². The molecule has 0 saturated heterocycles. The molecule has 0 fully saturated rings. The van der Waals surface area contributed by atoms with Gasteiger partial charge in [0.2, 0.25) is 0 Å². The largest absolute Gasteiger partial charge is 0.457 e. The van der Waals surface area contributed by atoms with Crippen LogP contribution in [0.5, 0.6) is 0 Å². The lowest BCUT2D eigenvalue weighted by Gasteiger charge is -2.22. The number of benzene rings is 1. The number of halogens is 2. The molecule has 0 radical (unpaired) electrons. The Hall–Kier alpha value is -2.76. The van der Waals surface area contributed by atoms with Crippen molar-refractivity contribution < 1.29 is 8.81 Å². The standard InChI is InChI=1S/C20H14BrFN4OS/c1-3-15-20(13-7-18(21)24-9-16(13)27-15)26(2)14-6-11(22)4-5-12(14)19-17(8-23)28-10-25-19/h4-7,9-10H,3H2,1-2H3. The molecule has 3 heterocycles. The molecule has 5 nitrogen and oxygen atoms in total. The number of thiazole rings is 1. The van der Waals surface area contributed by atoms with Crippen LogP contribution in [0, 0.1) is 17.1 Å². The maximum absolute atomic E-state index is 14.2. The van der Waals surface area contributed by atoms with Crippen LogP contribution in [0.1, 0.15) is 17.6 Å². The normalized spacial score (nSPS) is 11.0. The first-order chi connectivity index (χ1) is 13.5. The molecule has 0 saturated carbocycles. The maximum Gasteiger partial charge on any atom is 0.154 e. The molecule has 140 valence electrons. The smallest absolute Gasteiger partial charge is 0.154 e. The van der Waals surface area contributed by atoms with Crippen LogP contribution in [-0.2, 0) is 6.42 Å². The van der Waals surface area contributed by atoms with Gasteiger partial charge in [-0.2, -0.15) is 5.26 Å². The van der Waals surface area contributed by atoms with E-state index in [1.54, 1.807) is 17.8 Å². The van der Waals surface area contributed by atoms with Gasteiger partial charge in [-0.1, -0.05) is 6.92 Å². The van der Waals surface area contributed by atoms with Crippen LogP contribution < -0.4 is 4.90 Å². The molecule has 0 aliphatic carbocycles. The van der Waals surface area contributed by atoms with Crippen molar-refractivity contribution in [2.24, 2.45) is 0 Å². The lowest BCUT2D eigenvalue weighted by Crippen LogP contribution is -2.12. The fourth-order valence-electron chi connectivity index (χ4n) is 3.24. The van der Waals surface area contributed by atoms with Crippen LogP contribution in [0.15, 0.2) is 45.0 Å². The third-order valence-corrected chi connectivity index (χ3v) is 5.65. The van der Waals surface area contributed by atoms with Crippen LogP contribution in [-0.4, -0.2) is 17.0 Å². The topological polar surface area (TPSA) is 66.0 Å². The third kappa shape index (κ3) is 3.07. The van der Waals surface area contributed by atoms with E-state index in [0.717, 1.165) is 16.8 Å². The highest BCUT2D eigenvalue weighted by molar-refractivity contribution is 9.10. The van der Waals surface area contributed by atoms with Gasteiger partial charge in [-0.15, -0.1) is 11.3 Å². The zero-order valence-electron chi connectivity index (χ0n) is 15.0. The molecule has 28 heavy (non-hydrogen) atoms. The number of rotatable bonds is 4. The van der Waals surface area contributed by atoms with Crippen molar-refractivity contribution in [2.45, 2.75) is 13.3 Å². The van der Waals surface area contributed by atoms with Crippen molar-refractivity contribution in [2.75, 3.05) is 11.9 Å². The summed E-state index contributed by atoms with van der Waals surface area (Å²) in [5.41, 5.74) is 4.95. The number of hydrogen-bond donors (Lipinski definition) is 0. The molecule has 3 aromatic heterocycles. The van der Waals surface area contributed by atoms with E-state index in [0.29, 0.717) is 38.4 Å². The molecule has 0 unspecified atom stereocenters. The summed E-state index contributed by atoms with van der Waals surface area (Å²) < 4.78 is 20.8. The summed E-state index contributed by atoms with van der Waals surface area (Å²) in [6.45, 7) is 2.00. The van der Waals surface area contributed by atoms with E-state index in [1.807, 2.05) is 24.9 Å². The summed E-state index contributed by atoms with van der Waals surface area (Å²) in [6, 6.07) is 8.52. The number of hydrogen-bond acceptors (Lipinski definition) is 6. The van der Waals surface area contributed by atoms with Gasteiger partial charge in [0.1, 0.15) is 32.8 Å². The predicted octanol–water partition coefficient (Wildman–Crippen LogP) is 6.05. The second-order valence-corrected chi connectivity index (χ2v) is 7.76. The van der Waals surface area contributed by atoms with Crippen molar-refractivity contribution in [1.82, 2.24) is 9.97 Å². The minimum Gasteiger partial charge on any atom is -0.457 e. The van der Waals surface area contributed by atoms with E-state index in [9.17, 15) is 9.65 Å². The molecule has 4 rings (SSSR count). The Morgan fingerprint density at radius 3 is 2.89 bits per heavy atom. The minimum absolute atomic E-state index is 0.368. The second kappa shape index (κ2) is 7.34. The number of nitriles is 1. The van der Waals surface area contributed by atoms with Gasteiger partial charge in [-0.25, -0.2) is 14.4 Å². The van der Waals surface area contributed by atoms with Gasteiger partial charge < -0.3 is 9.32 Å². The van der Waals surface area contributed by atoms with Crippen molar-refractivity contribution in [1.29, 1.82) is 5.26 Å². The van der Waals surface area contributed by atoms with Gasteiger partial charge in [0, 0.05) is 24.4 Å². The Morgan fingerprint density at radius 2 is 2.14 bits per heavy atom. The molecule has 0 bridgehead atoms. The molecule has 1 aromatic carbocycles. The Bertz CT molecular complexity index is 1230. The van der Waals surface area contributed by atoms with Gasteiger partial charge in [-0.3, -0.25) is 0 Å². The highest BCUT2D eigenvalue weighted by Gasteiger charge is 2.23. The van der Waals surface area contributed by atoms with Gasteiger partial charge in [-0.05, 0) is 40.2 Å². The zero-order chi connectivity index (χ0) is 19.8. The molecule has 0 aliphatic rings. The fourth-order valence-corrected chi connectivity index (χ4v) is 4.16. The summed E-state index contributed by atoms with van der Waals surface area (Å²) in [4.78, 5) is 10.9. The maximum atomic E-state index is 14.2. The van der Waals surface area contributed by atoms with Crippen molar-refractivity contribution >= 4 is 49.6 Å². The van der Waals surface area contributed by atoms with Crippen LogP contribution >= 0.6 is 27.3 Å². The van der Waals surface area contributed by atoms with Crippen molar-refractivity contribution in [3.8, 4) is 17.3 Å². The molecule has 0 amide bonds. The van der Waals surface area contributed by atoms with Gasteiger partial charge >= 0.3 is 0 Å². The number of pyridine rings is 1. The number of aromatic nitrogens is 2. The molecule has 0 aliphatic heterocycles. The van der Waals surface area contributed by atoms with E-state index >= 15 is 0 Å². The lowest BCUT2D eigenvalue weighted by molar-refractivity contribution is 0.556. The van der Waals surface area contributed by atoms with Gasteiger partial charge in [0.15, 0.2) is 5.58 Å². The summed E-state index contributed by atoms with van der Waals surface area (Å²) in [7, 11) is 1.86. The summed E-state index contributed by atoms with van der Waals surface area (Å²) in [5, 5.41) is 10.3. The Balaban J connectivity index is 1.96. The van der Waals surface area contributed by atoms with E-state index in [2.05, 4.69) is 32.0 Å². The highest BCUT2D eigenvalue weighted by Crippen LogP contribution is 2.42. The van der Waals surface area contributed by atoms with Gasteiger partial charge in [0.25, 0.3) is 0 Å². The monoisotopic (exact) mass is 456 g/mol. The molecule has 0 N–H and O–H groups in total. The number of anilines is 2.